The van der Waals surface area contributed by atoms with Crippen LogP contribution in [0.5, 0.6) is 0 Å². The molecule has 0 aliphatic carbocycles. The van der Waals surface area contributed by atoms with Gasteiger partial charge in [0.1, 0.15) is 12.0 Å². The van der Waals surface area contributed by atoms with E-state index >= 15 is 0 Å². The molecule has 0 spiro atoms. The molecular formula is C25H28N8O2. The van der Waals surface area contributed by atoms with Crippen LogP contribution in [0.2, 0.25) is 0 Å². The first kappa shape index (κ1) is 21.6. The summed E-state index contributed by atoms with van der Waals surface area (Å²) in [5.74, 6) is 1.53. The van der Waals surface area contributed by atoms with Crippen LogP contribution in [0.25, 0.3) is 11.0 Å². The molecule has 3 aromatic rings. The Balaban J connectivity index is 1.27. The highest BCUT2D eigenvalue weighted by Crippen LogP contribution is 2.35. The summed E-state index contributed by atoms with van der Waals surface area (Å²) >= 11 is 0. The number of morpholine rings is 1. The number of rotatable bonds is 4. The SMILES string of the molecule is C=CC(=O)N1CCC(N2N=C(Nc3ccc(N4CCOCC4)cc3)c3c[nH]c4ncnc2c34)CC1. The fourth-order valence-electron chi connectivity index (χ4n) is 5.04. The molecule has 2 fully saturated rings. The summed E-state index contributed by atoms with van der Waals surface area (Å²) in [4.78, 5) is 28.5. The van der Waals surface area contributed by atoms with Gasteiger partial charge in [-0.1, -0.05) is 6.58 Å². The fourth-order valence-corrected chi connectivity index (χ4v) is 5.04. The van der Waals surface area contributed by atoms with Gasteiger partial charge in [0.25, 0.3) is 0 Å². The highest BCUT2D eigenvalue weighted by Gasteiger charge is 2.32. The van der Waals surface area contributed by atoms with E-state index in [0.29, 0.717) is 13.1 Å². The minimum Gasteiger partial charge on any atom is -0.378 e. The van der Waals surface area contributed by atoms with Gasteiger partial charge < -0.3 is 24.8 Å². The molecule has 5 heterocycles. The van der Waals surface area contributed by atoms with Gasteiger partial charge in [0, 0.05) is 49.3 Å². The van der Waals surface area contributed by atoms with Gasteiger partial charge in [0.15, 0.2) is 11.7 Å². The Morgan fingerprint density at radius 3 is 2.63 bits per heavy atom. The number of nitrogens with zero attached hydrogens (tertiary/aromatic N) is 6. The number of hydrazone groups is 1. The van der Waals surface area contributed by atoms with Gasteiger partial charge in [0.2, 0.25) is 5.91 Å². The van der Waals surface area contributed by atoms with Crippen LogP contribution in [-0.4, -0.2) is 77.0 Å². The lowest BCUT2D eigenvalue weighted by Gasteiger charge is -2.37. The van der Waals surface area contributed by atoms with Crippen LogP contribution in [-0.2, 0) is 9.53 Å². The number of aromatic nitrogens is 3. The number of ether oxygens (including phenoxy) is 1. The average Bonchev–Trinajstić information content (AvgIpc) is 3.36. The Kier molecular flexibility index (Phi) is 5.57. The van der Waals surface area contributed by atoms with Crippen molar-refractivity contribution in [2.75, 3.05) is 54.6 Å². The van der Waals surface area contributed by atoms with Crippen molar-refractivity contribution in [3.05, 3.63) is 55.0 Å². The molecule has 1 amide bonds. The molecule has 0 atom stereocenters. The summed E-state index contributed by atoms with van der Waals surface area (Å²) in [5, 5.41) is 11.5. The molecule has 2 aromatic heterocycles. The van der Waals surface area contributed by atoms with Gasteiger partial charge in [-0.05, 0) is 43.2 Å². The van der Waals surface area contributed by atoms with Crippen molar-refractivity contribution >= 4 is 40.0 Å². The number of H-pyrrole nitrogens is 1. The maximum Gasteiger partial charge on any atom is 0.245 e. The quantitative estimate of drug-likeness (QED) is 0.563. The molecule has 2 N–H and O–H groups in total. The Hall–Kier alpha value is -3.92. The lowest BCUT2D eigenvalue weighted by atomic mass is 10.0. The van der Waals surface area contributed by atoms with E-state index < -0.39 is 0 Å². The molecule has 180 valence electrons. The van der Waals surface area contributed by atoms with Crippen LogP contribution in [0.15, 0.2) is 54.5 Å². The topological polar surface area (TPSA) is 102 Å². The molecule has 0 radical (unpaired) electrons. The van der Waals surface area contributed by atoms with Crippen molar-refractivity contribution in [2.45, 2.75) is 18.9 Å². The van der Waals surface area contributed by atoms with E-state index in [4.69, 9.17) is 9.84 Å². The summed E-state index contributed by atoms with van der Waals surface area (Å²) in [6.45, 7) is 8.28. The number of amides is 1. The summed E-state index contributed by atoms with van der Waals surface area (Å²) in [7, 11) is 0. The maximum atomic E-state index is 12.0. The van der Waals surface area contributed by atoms with E-state index in [2.05, 4.69) is 56.0 Å². The van der Waals surface area contributed by atoms with Crippen molar-refractivity contribution in [3.8, 4) is 0 Å². The zero-order chi connectivity index (χ0) is 23.8. The van der Waals surface area contributed by atoms with Gasteiger partial charge in [-0.25, -0.2) is 15.0 Å². The Morgan fingerprint density at radius 2 is 1.89 bits per heavy atom. The summed E-state index contributed by atoms with van der Waals surface area (Å²) in [6.07, 6.45) is 6.48. The zero-order valence-electron chi connectivity index (χ0n) is 19.5. The van der Waals surface area contributed by atoms with Gasteiger partial charge >= 0.3 is 0 Å². The number of likely N-dealkylation sites (tertiary alicyclic amines) is 1. The standard InChI is InChI=1S/C25H28N8O2/c1-2-21(34)32-9-7-19(8-10-32)33-25-22-20(15-26-24(22)27-16-28-25)23(30-33)29-17-3-5-18(6-4-17)31-11-13-35-14-12-31/h2-6,15-16,19H,1,7-14H2,(H,29,30)(H,26,27,28). The molecule has 6 rings (SSSR count). The Bertz CT molecular complexity index is 1270. The first-order valence-corrected chi connectivity index (χ1v) is 12.0. The highest BCUT2D eigenvalue weighted by atomic mass is 16.5. The molecule has 3 aliphatic heterocycles. The van der Waals surface area contributed by atoms with E-state index in [1.165, 1.54) is 11.8 Å². The number of carbonyl (C=O) groups is 1. The highest BCUT2D eigenvalue weighted by molar-refractivity contribution is 6.19. The Labute approximate surface area is 203 Å². The van der Waals surface area contributed by atoms with E-state index in [0.717, 1.165) is 73.1 Å². The molecule has 10 heteroatoms. The van der Waals surface area contributed by atoms with Crippen molar-refractivity contribution in [2.24, 2.45) is 5.10 Å². The van der Waals surface area contributed by atoms with E-state index in [1.807, 2.05) is 16.1 Å². The lowest BCUT2D eigenvalue weighted by Crippen LogP contribution is -2.46. The fraction of sp³-hybridized carbons (Fsp3) is 0.360. The summed E-state index contributed by atoms with van der Waals surface area (Å²) in [6, 6.07) is 8.55. The smallest absolute Gasteiger partial charge is 0.245 e. The number of amidine groups is 1. The molecule has 0 saturated carbocycles. The number of carbonyl (C=O) groups excluding carboxylic acids is 1. The van der Waals surface area contributed by atoms with E-state index in [1.54, 1.807) is 6.33 Å². The molecule has 1 aromatic carbocycles. The van der Waals surface area contributed by atoms with Crippen LogP contribution >= 0.6 is 0 Å². The van der Waals surface area contributed by atoms with Crippen LogP contribution in [0, 0.1) is 0 Å². The first-order valence-electron chi connectivity index (χ1n) is 12.0. The second-order valence-electron chi connectivity index (χ2n) is 8.95. The minimum absolute atomic E-state index is 0.0224. The Morgan fingerprint density at radius 1 is 1.11 bits per heavy atom. The summed E-state index contributed by atoms with van der Waals surface area (Å²) in [5.41, 5.74) is 3.88. The molecule has 35 heavy (non-hydrogen) atoms. The predicted octanol–water partition coefficient (Wildman–Crippen LogP) is 2.57. The maximum absolute atomic E-state index is 12.0. The van der Waals surface area contributed by atoms with E-state index in [9.17, 15) is 4.79 Å². The van der Waals surface area contributed by atoms with Gasteiger partial charge in [0.05, 0.1) is 24.6 Å². The van der Waals surface area contributed by atoms with Crippen molar-refractivity contribution < 1.29 is 9.53 Å². The number of anilines is 3. The predicted molar refractivity (Wildman–Crippen MR) is 136 cm³/mol. The number of hydrogen-bond acceptors (Lipinski definition) is 8. The number of nitrogens with one attached hydrogen (secondary N) is 2. The molecule has 3 aliphatic rings. The van der Waals surface area contributed by atoms with Crippen molar-refractivity contribution in [3.63, 3.8) is 0 Å². The second-order valence-corrected chi connectivity index (χ2v) is 8.95. The van der Waals surface area contributed by atoms with Crippen LogP contribution in [0.3, 0.4) is 0 Å². The third-order valence-corrected chi connectivity index (χ3v) is 6.93. The molecule has 0 bridgehead atoms. The molecular weight excluding hydrogens is 444 g/mol. The second kappa shape index (κ2) is 9.03. The van der Waals surface area contributed by atoms with Gasteiger partial charge in [-0.15, -0.1) is 0 Å². The van der Waals surface area contributed by atoms with Crippen LogP contribution < -0.4 is 15.2 Å². The van der Waals surface area contributed by atoms with Crippen molar-refractivity contribution in [1.82, 2.24) is 19.9 Å². The molecule has 0 unspecified atom stereocenters. The first-order chi connectivity index (χ1) is 17.2. The summed E-state index contributed by atoms with van der Waals surface area (Å²) < 4.78 is 5.47. The number of benzene rings is 1. The van der Waals surface area contributed by atoms with Gasteiger partial charge in [-0.3, -0.25) is 4.79 Å². The molecule has 2 saturated heterocycles. The number of piperidine rings is 1. The number of aromatic amines is 1. The largest absolute Gasteiger partial charge is 0.378 e. The van der Waals surface area contributed by atoms with E-state index in [-0.39, 0.29) is 11.9 Å². The van der Waals surface area contributed by atoms with Gasteiger partial charge in [-0.2, -0.15) is 5.10 Å². The normalized spacial score (nSPS) is 18.5. The average molecular weight is 473 g/mol. The number of hydrogen-bond donors (Lipinski definition) is 2. The molecule has 10 nitrogen and oxygen atoms in total. The lowest BCUT2D eigenvalue weighted by molar-refractivity contribution is -0.127. The third kappa shape index (κ3) is 3.99. The monoisotopic (exact) mass is 472 g/mol. The van der Waals surface area contributed by atoms with Crippen molar-refractivity contribution in [1.29, 1.82) is 0 Å². The minimum atomic E-state index is -0.0224. The third-order valence-electron chi connectivity index (χ3n) is 6.93. The zero-order valence-corrected chi connectivity index (χ0v) is 19.5. The van der Waals surface area contributed by atoms with Crippen LogP contribution in [0.4, 0.5) is 17.2 Å². The van der Waals surface area contributed by atoms with Crippen LogP contribution in [0.1, 0.15) is 18.4 Å².